The van der Waals surface area contributed by atoms with Crippen molar-refractivity contribution in [3.05, 3.63) is 47.5 Å². The fourth-order valence-electron chi connectivity index (χ4n) is 3.47. The number of hydrogen-bond donors (Lipinski definition) is 0. The zero-order chi connectivity index (χ0) is 18.1. The molecule has 1 aliphatic rings. The first kappa shape index (κ1) is 16.7. The second-order valence-corrected chi connectivity index (χ2v) is 6.92. The van der Waals surface area contributed by atoms with Crippen LogP contribution in [-0.2, 0) is 0 Å². The Morgan fingerprint density at radius 1 is 0.962 bits per heavy atom. The van der Waals surface area contributed by atoms with Gasteiger partial charge in [0.1, 0.15) is 11.9 Å². The summed E-state index contributed by atoms with van der Waals surface area (Å²) in [6.45, 7) is 7.86. The molecule has 0 N–H and O–H groups in total. The zero-order valence-corrected chi connectivity index (χ0v) is 15.4. The van der Waals surface area contributed by atoms with Crippen LogP contribution in [0.15, 0.2) is 30.6 Å². The second-order valence-electron chi connectivity index (χ2n) is 6.92. The molecular formula is C20H23N5O. The normalized spacial score (nSPS) is 15.4. The minimum atomic E-state index is 0.172. The summed E-state index contributed by atoms with van der Waals surface area (Å²) < 4.78 is 5.99. The summed E-state index contributed by atoms with van der Waals surface area (Å²) in [4.78, 5) is 20.2. The molecule has 4 rings (SSSR count). The zero-order valence-electron chi connectivity index (χ0n) is 15.4. The molecule has 0 aliphatic carbocycles. The Bertz CT molecular complexity index is 935. The van der Waals surface area contributed by atoms with Gasteiger partial charge in [-0.3, -0.25) is 4.98 Å². The molecule has 26 heavy (non-hydrogen) atoms. The predicted molar refractivity (Wildman–Crippen MR) is 102 cm³/mol. The molecule has 1 saturated heterocycles. The maximum absolute atomic E-state index is 5.99. The molecule has 3 aromatic heterocycles. The number of aromatic nitrogens is 4. The highest BCUT2D eigenvalue weighted by molar-refractivity contribution is 5.80. The fourth-order valence-corrected chi connectivity index (χ4v) is 3.47. The molecular weight excluding hydrogens is 326 g/mol. The molecule has 1 fully saturated rings. The van der Waals surface area contributed by atoms with Crippen LogP contribution in [0, 0.1) is 20.8 Å². The molecule has 0 unspecified atom stereocenters. The van der Waals surface area contributed by atoms with Crippen molar-refractivity contribution in [1.82, 2.24) is 19.9 Å². The van der Waals surface area contributed by atoms with Crippen LogP contribution in [0.25, 0.3) is 11.0 Å². The molecule has 3 aromatic rings. The van der Waals surface area contributed by atoms with Crippen molar-refractivity contribution in [3.8, 4) is 5.88 Å². The van der Waals surface area contributed by atoms with Crippen LogP contribution >= 0.6 is 0 Å². The van der Waals surface area contributed by atoms with E-state index in [-0.39, 0.29) is 6.10 Å². The molecule has 6 nitrogen and oxygen atoms in total. The van der Waals surface area contributed by atoms with Crippen LogP contribution < -0.4 is 9.64 Å². The van der Waals surface area contributed by atoms with E-state index in [9.17, 15) is 0 Å². The van der Waals surface area contributed by atoms with Crippen molar-refractivity contribution in [2.75, 3.05) is 18.0 Å². The number of pyridine rings is 2. The molecule has 0 radical (unpaired) electrons. The highest BCUT2D eigenvalue weighted by atomic mass is 16.5. The van der Waals surface area contributed by atoms with Gasteiger partial charge in [-0.1, -0.05) is 0 Å². The van der Waals surface area contributed by atoms with E-state index in [0.29, 0.717) is 5.88 Å². The van der Waals surface area contributed by atoms with Gasteiger partial charge in [-0.15, -0.1) is 0 Å². The Kier molecular flexibility index (Phi) is 4.41. The van der Waals surface area contributed by atoms with E-state index in [4.69, 9.17) is 9.72 Å². The first-order chi connectivity index (χ1) is 12.6. The average Bonchev–Trinajstić information content (AvgIpc) is 2.62. The van der Waals surface area contributed by atoms with E-state index in [1.54, 1.807) is 12.4 Å². The topological polar surface area (TPSA) is 64.0 Å². The number of anilines is 1. The minimum absolute atomic E-state index is 0.172. The van der Waals surface area contributed by atoms with E-state index in [0.717, 1.165) is 54.2 Å². The monoisotopic (exact) mass is 349 g/mol. The van der Waals surface area contributed by atoms with Gasteiger partial charge in [0.05, 0.1) is 11.9 Å². The van der Waals surface area contributed by atoms with E-state index < -0.39 is 0 Å². The van der Waals surface area contributed by atoms with Crippen molar-refractivity contribution in [3.63, 3.8) is 0 Å². The van der Waals surface area contributed by atoms with Crippen molar-refractivity contribution >= 4 is 16.9 Å². The molecule has 1 aliphatic heterocycles. The summed E-state index contributed by atoms with van der Waals surface area (Å²) in [6, 6.07) is 6.32. The van der Waals surface area contributed by atoms with Gasteiger partial charge in [-0.25, -0.2) is 15.0 Å². The summed E-state index contributed by atoms with van der Waals surface area (Å²) in [5.41, 5.74) is 3.93. The van der Waals surface area contributed by atoms with E-state index in [1.165, 1.54) is 5.56 Å². The Morgan fingerprint density at radius 2 is 1.77 bits per heavy atom. The van der Waals surface area contributed by atoms with Gasteiger partial charge in [0.15, 0.2) is 5.65 Å². The molecule has 134 valence electrons. The number of aryl methyl sites for hydroxylation is 3. The first-order valence-electron chi connectivity index (χ1n) is 9.04. The summed E-state index contributed by atoms with van der Waals surface area (Å²) in [5.74, 6) is 1.60. The quantitative estimate of drug-likeness (QED) is 0.722. The summed E-state index contributed by atoms with van der Waals surface area (Å²) in [7, 11) is 0. The molecule has 0 aromatic carbocycles. The Hall–Kier alpha value is -2.76. The lowest BCUT2D eigenvalue weighted by molar-refractivity contribution is 0.163. The highest BCUT2D eigenvalue weighted by Crippen LogP contribution is 2.24. The lowest BCUT2D eigenvalue weighted by Gasteiger charge is -2.32. The van der Waals surface area contributed by atoms with Gasteiger partial charge in [0, 0.05) is 43.2 Å². The van der Waals surface area contributed by atoms with Crippen molar-refractivity contribution in [2.24, 2.45) is 0 Å². The number of nitrogens with zero attached hydrogens (tertiary/aromatic N) is 5. The lowest BCUT2D eigenvalue weighted by atomic mass is 10.1. The van der Waals surface area contributed by atoms with E-state index in [2.05, 4.69) is 45.0 Å². The Balaban J connectivity index is 1.45. The Morgan fingerprint density at radius 3 is 2.54 bits per heavy atom. The fraction of sp³-hybridized carbons (Fsp3) is 0.400. The van der Waals surface area contributed by atoms with Crippen LogP contribution in [0.2, 0.25) is 0 Å². The summed E-state index contributed by atoms with van der Waals surface area (Å²) >= 11 is 0. The molecule has 0 amide bonds. The standard InChI is InChI=1S/C20H23N5O/c1-13-10-14(2)23-20-17(13)4-5-18(24-20)25-8-6-16(7-9-25)26-19-12-21-11-15(3)22-19/h4-5,10-12,16H,6-9H2,1-3H3. The van der Waals surface area contributed by atoms with Gasteiger partial charge >= 0.3 is 0 Å². The van der Waals surface area contributed by atoms with Gasteiger partial charge in [-0.2, -0.15) is 0 Å². The third-order valence-electron chi connectivity index (χ3n) is 4.78. The SMILES string of the molecule is Cc1cncc(OC2CCN(c3ccc4c(C)cc(C)nc4n3)CC2)n1. The third kappa shape index (κ3) is 3.45. The van der Waals surface area contributed by atoms with Crippen molar-refractivity contribution in [2.45, 2.75) is 39.7 Å². The van der Waals surface area contributed by atoms with Crippen LogP contribution in [0.5, 0.6) is 5.88 Å². The molecule has 0 spiro atoms. The Labute approximate surface area is 153 Å². The molecule has 4 heterocycles. The molecule has 0 atom stereocenters. The van der Waals surface area contributed by atoms with Crippen LogP contribution in [0.1, 0.15) is 29.8 Å². The van der Waals surface area contributed by atoms with Crippen molar-refractivity contribution in [1.29, 1.82) is 0 Å². The maximum atomic E-state index is 5.99. The summed E-state index contributed by atoms with van der Waals surface area (Å²) in [5, 5.41) is 1.12. The van der Waals surface area contributed by atoms with Crippen LogP contribution in [0.3, 0.4) is 0 Å². The number of rotatable bonds is 3. The average molecular weight is 349 g/mol. The van der Waals surface area contributed by atoms with Crippen LogP contribution in [-0.4, -0.2) is 39.1 Å². The number of piperidine rings is 1. The predicted octanol–water partition coefficient (Wildman–Crippen LogP) is 3.39. The lowest BCUT2D eigenvalue weighted by Crippen LogP contribution is -2.38. The maximum Gasteiger partial charge on any atom is 0.232 e. The van der Waals surface area contributed by atoms with Crippen molar-refractivity contribution < 1.29 is 4.74 Å². The minimum Gasteiger partial charge on any atom is -0.473 e. The molecule has 6 heteroatoms. The molecule has 0 bridgehead atoms. The number of ether oxygens (including phenoxy) is 1. The van der Waals surface area contributed by atoms with Gasteiger partial charge < -0.3 is 9.64 Å². The second kappa shape index (κ2) is 6.86. The highest BCUT2D eigenvalue weighted by Gasteiger charge is 2.22. The van der Waals surface area contributed by atoms with E-state index in [1.807, 2.05) is 13.8 Å². The molecule has 0 saturated carbocycles. The smallest absolute Gasteiger partial charge is 0.232 e. The first-order valence-corrected chi connectivity index (χ1v) is 9.04. The van der Waals surface area contributed by atoms with Gasteiger partial charge in [-0.05, 0) is 44.5 Å². The van der Waals surface area contributed by atoms with Crippen LogP contribution in [0.4, 0.5) is 5.82 Å². The number of hydrogen-bond acceptors (Lipinski definition) is 6. The number of fused-ring (bicyclic) bond motifs is 1. The third-order valence-corrected chi connectivity index (χ3v) is 4.78. The largest absolute Gasteiger partial charge is 0.473 e. The summed E-state index contributed by atoms with van der Waals surface area (Å²) in [6.07, 6.45) is 5.47. The van der Waals surface area contributed by atoms with E-state index >= 15 is 0 Å². The van der Waals surface area contributed by atoms with Gasteiger partial charge in [0.2, 0.25) is 5.88 Å². The van der Waals surface area contributed by atoms with Gasteiger partial charge in [0.25, 0.3) is 0 Å².